The molecule has 3 heterocycles. The Morgan fingerprint density at radius 2 is 1.90 bits per heavy atom. The van der Waals surface area contributed by atoms with E-state index in [9.17, 15) is 9.59 Å². The Morgan fingerprint density at radius 3 is 2.63 bits per heavy atom. The van der Waals surface area contributed by atoms with E-state index >= 15 is 0 Å². The molecule has 8 heteroatoms. The van der Waals surface area contributed by atoms with Gasteiger partial charge in [0.25, 0.3) is 11.8 Å². The van der Waals surface area contributed by atoms with Crippen LogP contribution >= 0.6 is 11.3 Å². The molecule has 7 nitrogen and oxygen atoms in total. The van der Waals surface area contributed by atoms with Crippen molar-refractivity contribution in [1.82, 2.24) is 14.8 Å². The Bertz CT molecular complexity index is 1010. The molecule has 30 heavy (non-hydrogen) atoms. The minimum absolute atomic E-state index is 0.0291. The predicted molar refractivity (Wildman–Crippen MR) is 117 cm³/mol. The van der Waals surface area contributed by atoms with Gasteiger partial charge >= 0.3 is 6.01 Å². The van der Waals surface area contributed by atoms with Crippen molar-refractivity contribution in [1.29, 1.82) is 0 Å². The molecule has 2 aromatic heterocycles. The average molecular weight is 423 g/mol. The number of amides is 2. The molecule has 1 aliphatic rings. The van der Waals surface area contributed by atoms with Crippen LogP contribution in [0.25, 0.3) is 6.08 Å². The molecule has 0 unspecified atom stereocenters. The number of benzene rings is 1. The number of rotatable bonds is 6. The molecule has 1 aromatic carbocycles. The zero-order valence-corrected chi connectivity index (χ0v) is 17.2. The van der Waals surface area contributed by atoms with Gasteiger partial charge in [-0.05, 0) is 17.0 Å². The van der Waals surface area contributed by atoms with Crippen LogP contribution in [0.15, 0.2) is 64.6 Å². The summed E-state index contributed by atoms with van der Waals surface area (Å²) < 4.78 is 5.26. The van der Waals surface area contributed by atoms with E-state index in [0.29, 0.717) is 18.0 Å². The highest BCUT2D eigenvalue weighted by Crippen LogP contribution is 2.15. The lowest BCUT2D eigenvalue weighted by atomic mass is 10.2. The Morgan fingerprint density at radius 1 is 1.10 bits per heavy atom. The third-order valence-corrected chi connectivity index (χ3v) is 5.69. The number of hydrogen-bond acceptors (Lipinski definition) is 6. The van der Waals surface area contributed by atoms with Gasteiger partial charge in [0.1, 0.15) is 6.26 Å². The lowest BCUT2D eigenvalue weighted by Crippen LogP contribution is -2.48. The number of oxazole rings is 1. The first-order valence-electron chi connectivity index (χ1n) is 9.72. The van der Waals surface area contributed by atoms with Crippen LogP contribution in [-0.2, 0) is 0 Å². The molecule has 4 rings (SSSR count). The number of carbonyl (C=O) groups is 2. The minimum atomic E-state index is -0.303. The van der Waals surface area contributed by atoms with E-state index in [-0.39, 0.29) is 23.5 Å². The van der Waals surface area contributed by atoms with Gasteiger partial charge in [0.2, 0.25) is 0 Å². The maximum atomic E-state index is 12.7. The summed E-state index contributed by atoms with van der Waals surface area (Å²) >= 11 is 1.32. The standard InChI is InChI=1S/C22H22N4O3S/c27-20(19-9-5-15-30-19)24-22-23-18(16-29-22)21(28)26-13-11-25(12-14-26)10-4-8-17-6-2-1-3-7-17/h1-9,15-16H,10-14H2,(H,23,24,27)/b8-4+. The Hall–Kier alpha value is -3.23. The molecule has 0 atom stereocenters. The number of aromatic nitrogens is 1. The normalized spacial score (nSPS) is 14.9. The third-order valence-electron chi connectivity index (χ3n) is 4.82. The summed E-state index contributed by atoms with van der Waals surface area (Å²) in [5.41, 5.74) is 1.38. The lowest BCUT2D eigenvalue weighted by molar-refractivity contribution is 0.0644. The summed E-state index contributed by atoms with van der Waals surface area (Å²) in [6.45, 7) is 3.69. The van der Waals surface area contributed by atoms with Crippen LogP contribution in [0.3, 0.4) is 0 Å². The van der Waals surface area contributed by atoms with E-state index in [1.54, 1.807) is 17.0 Å². The summed E-state index contributed by atoms with van der Waals surface area (Å²) in [6, 6.07) is 13.7. The van der Waals surface area contributed by atoms with E-state index in [2.05, 4.69) is 39.5 Å². The molecule has 1 aliphatic heterocycles. The molecule has 1 saturated heterocycles. The Labute approximate surface area is 178 Å². The number of piperazine rings is 1. The van der Waals surface area contributed by atoms with Gasteiger partial charge in [0, 0.05) is 32.7 Å². The SMILES string of the molecule is O=C(Nc1nc(C(=O)N2CCN(C/C=C/c3ccccc3)CC2)co1)c1cccs1. The van der Waals surface area contributed by atoms with E-state index in [4.69, 9.17) is 4.42 Å². The van der Waals surface area contributed by atoms with Gasteiger partial charge in [0.15, 0.2) is 5.69 Å². The number of nitrogens with one attached hydrogen (secondary N) is 1. The van der Waals surface area contributed by atoms with Crippen LogP contribution in [-0.4, -0.2) is 59.3 Å². The molecule has 2 amide bonds. The minimum Gasteiger partial charge on any atom is -0.431 e. The first-order chi connectivity index (χ1) is 14.7. The first kappa shape index (κ1) is 20.1. The molecule has 1 N–H and O–H groups in total. The molecule has 0 aliphatic carbocycles. The second kappa shape index (κ2) is 9.51. The van der Waals surface area contributed by atoms with Crippen LogP contribution in [0.2, 0.25) is 0 Å². The van der Waals surface area contributed by atoms with Gasteiger partial charge in [-0.3, -0.25) is 19.8 Å². The second-order valence-corrected chi connectivity index (χ2v) is 7.82. The first-order valence-corrected chi connectivity index (χ1v) is 10.6. The average Bonchev–Trinajstić information content (AvgIpc) is 3.47. The molecule has 1 fully saturated rings. The van der Waals surface area contributed by atoms with Crippen LogP contribution < -0.4 is 5.32 Å². The second-order valence-electron chi connectivity index (χ2n) is 6.88. The number of anilines is 1. The fraction of sp³-hybridized carbons (Fsp3) is 0.227. The summed E-state index contributed by atoms with van der Waals surface area (Å²) in [5.74, 6) is -0.488. The van der Waals surface area contributed by atoms with E-state index in [1.807, 2.05) is 23.6 Å². The smallest absolute Gasteiger partial charge is 0.302 e. The van der Waals surface area contributed by atoms with E-state index in [0.717, 1.165) is 19.6 Å². The van der Waals surface area contributed by atoms with Crippen molar-refractivity contribution >= 4 is 35.2 Å². The van der Waals surface area contributed by atoms with E-state index < -0.39 is 0 Å². The van der Waals surface area contributed by atoms with Crippen LogP contribution in [0.5, 0.6) is 0 Å². The van der Waals surface area contributed by atoms with Crippen LogP contribution in [0.4, 0.5) is 6.01 Å². The fourth-order valence-corrected chi connectivity index (χ4v) is 3.81. The van der Waals surface area contributed by atoms with Gasteiger partial charge in [-0.25, -0.2) is 0 Å². The van der Waals surface area contributed by atoms with Gasteiger partial charge in [-0.15, -0.1) is 11.3 Å². The highest BCUT2D eigenvalue weighted by molar-refractivity contribution is 7.12. The number of nitrogens with zero attached hydrogens (tertiary/aromatic N) is 3. The van der Waals surface area contributed by atoms with Crippen molar-refractivity contribution in [3.05, 3.63) is 76.3 Å². The maximum absolute atomic E-state index is 12.7. The Balaban J connectivity index is 1.26. The zero-order chi connectivity index (χ0) is 20.8. The van der Waals surface area contributed by atoms with Crippen LogP contribution in [0, 0.1) is 0 Å². The highest BCUT2D eigenvalue weighted by atomic mass is 32.1. The highest BCUT2D eigenvalue weighted by Gasteiger charge is 2.24. The summed E-state index contributed by atoms with van der Waals surface area (Å²) in [7, 11) is 0. The number of carbonyl (C=O) groups excluding carboxylic acids is 2. The quantitative estimate of drug-likeness (QED) is 0.658. The van der Waals surface area contributed by atoms with Crippen molar-refractivity contribution in [3.8, 4) is 0 Å². The van der Waals surface area contributed by atoms with Crippen molar-refractivity contribution in [2.24, 2.45) is 0 Å². The summed E-state index contributed by atoms with van der Waals surface area (Å²) in [6.07, 6.45) is 5.55. The lowest BCUT2D eigenvalue weighted by Gasteiger charge is -2.33. The fourth-order valence-electron chi connectivity index (χ4n) is 3.19. The van der Waals surface area contributed by atoms with Crippen molar-refractivity contribution in [2.75, 3.05) is 38.0 Å². The maximum Gasteiger partial charge on any atom is 0.302 e. The molecular weight excluding hydrogens is 400 g/mol. The van der Waals surface area contributed by atoms with Crippen molar-refractivity contribution in [2.45, 2.75) is 0 Å². The van der Waals surface area contributed by atoms with Crippen LogP contribution in [0.1, 0.15) is 25.7 Å². The molecular formula is C22H22N4O3S. The Kier molecular flexibility index (Phi) is 6.36. The summed E-state index contributed by atoms with van der Waals surface area (Å²) in [4.78, 5) is 33.5. The molecule has 3 aromatic rings. The predicted octanol–water partition coefficient (Wildman–Crippen LogP) is 3.46. The molecule has 0 spiro atoms. The topological polar surface area (TPSA) is 78.7 Å². The summed E-state index contributed by atoms with van der Waals surface area (Å²) in [5, 5.41) is 4.39. The zero-order valence-electron chi connectivity index (χ0n) is 16.4. The molecule has 0 radical (unpaired) electrons. The largest absolute Gasteiger partial charge is 0.431 e. The van der Waals surface area contributed by atoms with Gasteiger partial charge in [-0.1, -0.05) is 48.6 Å². The molecule has 0 saturated carbocycles. The molecule has 154 valence electrons. The molecule has 0 bridgehead atoms. The van der Waals surface area contributed by atoms with Crippen molar-refractivity contribution in [3.63, 3.8) is 0 Å². The van der Waals surface area contributed by atoms with Gasteiger partial charge < -0.3 is 9.32 Å². The number of hydrogen-bond donors (Lipinski definition) is 1. The number of thiophene rings is 1. The van der Waals surface area contributed by atoms with Crippen molar-refractivity contribution < 1.29 is 14.0 Å². The van der Waals surface area contributed by atoms with Gasteiger partial charge in [-0.2, -0.15) is 4.98 Å². The van der Waals surface area contributed by atoms with Gasteiger partial charge in [0.05, 0.1) is 4.88 Å². The third kappa shape index (κ3) is 5.03. The van der Waals surface area contributed by atoms with E-state index in [1.165, 1.54) is 23.2 Å². The monoisotopic (exact) mass is 422 g/mol.